The molecule has 0 atom stereocenters. The van der Waals surface area contributed by atoms with Crippen molar-refractivity contribution in [2.75, 3.05) is 26.3 Å². The lowest BCUT2D eigenvalue weighted by Gasteiger charge is -2.38. The number of alkyl halides is 6. The summed E-state index contributed by atoms with van der Waals surface area (Å²) in [6.45, 7) is -1.37. The molecule has 340 valence electrons. The van der Waals surface area contributed by atoms with Gasteiger partial charge in [0, 0.05) is 10.0 Å². The third-order valence-electron chi connectivity index (χ3n) is 10.7. The number of carbonyl (C=O) groups is 4. The van der Waals surface area contributed by atoms with E-state index < -0.39 is 87.9 Å². The molecule has 6 aromatic carbocycles. The number of azo groups is 2. The highest BCUT2D eigenvalue weighted by Gasteiger charge is 2.73. The van der Waals surface area contributed by atoms with Crippen molar-refractivity contribution in [1.82, 2.24) is 9.80 Å². The summed E-state index contributed by atoms with van der Waals surface area (Å²) in [7, 11) is 0. The van der Waals surface area contributed by atoms with Crippen LogP contribution < -0.4 is 9.47 Å². The molecule has 0 fully saturated rings. The molecule has 4 amide bonds. The predicted molar refractivity (Wildman–Crippen MR) is 232 cm³/mol. The minimum atomic E-state index is -6.13. The number of halogens is 8. The van der Waals surface area contributed by atoms with Crippen molar-refractivity contribution in [3.8, 4) is 11.5 Å². The van der Waals surface area contributed by atoms with Crippen LogP contribution in [0.5, 0.6) is 11.5 Å². The molecule has 8 rings (SSSR count). The highest BCUT2D eigenvalue weighted by Crippen LogP contribution is 2.57. The Bertz CT molecular complexity index is 2750. The standard InChI is InChI=1S/C47H30Cl2F6N6O6/c48-29-3-7-31(8-4-29)56-58-33-11-15-35(16-12-33)66-23-21-60-41(62)37-19-1-27(25-39(37)43(60)64)45(46(50,51)52,47(53,54)55)28-2-20-38-40(26-28)44(65)61(42(38)63)22-24-67-36-17-13-34(14-18-36)59-57-32-9-5-30(49)6-10-32/h1-20,25-26H,21-24H2. The fourth-order valence-corrected chi connectivity index (χ4v) is 7.66. The summed E-state index contributed by atoms with van der Waals surface area (Å²) in [4.78, 5) is 54.9. The van der Waals surface area contributed by atoms with Crippen LogP contribution in [0, 0.1) is 0 Å². The molecule has 0 spiro atoms. The Morgan fingerprint density at radius 1 is 0.418 bits per heavy atom. The number of hydrogen-bond acceptors (Lipinski definition) is 10. The molecular formula is C47H30Cl2F6N6O6. The SMILES string of the molecule is O=C1c2ccc(C(c3ccc4c(c3)C(=O)N(CCOc3ccc(N=Nc5ccc(Cl)cc5)cc3)C4=O)(C(F)(F)F)C(F)(F)F)cc2C(=O)N1CCOc1ccc(N=Nc2ccc(Cl)cc2)cc1. The molecule has 12 nitrogen and oxygen atoms in total. The molecular weight excluding hydrogens is 929 g/mol. The van der Waals surface area contributed by atoms with E-state index in [4.69, 9.17) is 32.7 Å². The largest absolute Gasteiger partial charge is 0.492 e. The smallest absolute Gasteiger partial charge is 0.411 e. The fourth-order valence-electron chi connectivity index (χ4n) is 7.41. The molecule has 0 saturated heterocycles. The highest BCUT2D eigenvalue weighted by atomic mass is 35.5. The van der Waals surface area contributed by atoms with Crippen LogP contribution in [-0.4, -0.2) is 72.1 Å². The summed E-state index contributed by atoms with van der Waals surface area (Å²) in [6, 6.07) is 28.9. The van der Waals surface area contributed by atoms with Gasteiger partial charge in [0.15, 0.2) is 0 Å². The van der Waals surface area contributed by atoms with Gasteiger partial charge in [0.25, 0.3) is 23.6 Å². The number of ether oxygens (including phenoxy) is 2. The molecule has 0 unspecified atom stereocenters. The van der Waals surface area contributed by atoms with Gasteiger partial charge >= 0.3 is 12.4 Å². The number of rotatable bonds is 14. The molecule has 2 heterocycles. The van der Waals surface area contributed by atoms with E-state index in [2.05, 4.69) is 20.5 Å². The summed E-state index contributed by atoms with van der Waals surface area (Å²) in [5.41, 5.74) is -7.94. The Morgan fingerprint density at radius 2 is 0.716 bits per heavy atom. The maximum absolute atomic E-state index is 15.3. The van der Waals surface area contributed by atoms with Gasteiger partial charge in [-0.2, -0.15) is 46.8 Å². The maximum atomic E-state index is 15.3. The van der Waals surface area contributed by atoms with Crippen LogP contribution >= 0.6 is 23.2 Å². The molecule has 20 heteroatoms. The lowest BCUT2D eigenvalue weighted by Crippen LogP contribution is -2.55. The normalized spacial score (nSPS) is 14.1. The van der Waals surface area contributed by atoms with Gasteiger partial charge in [0.05, 0.1) is 58.1 Å². The zero-order valence-electron chi connectivity index (χ0n) is 34.2. The van der Waals surface area contributed by atoms with Gasteiger partial charge in [-0.1, -0.05) is 35.3 Å². The van der Waals surface area contributed by atoms with Crippen molar-refractivity contribution in [2.24, 2.45) is 20.5 Å². The molecule has 0 radical (unpaired) electrons. The third-order valence-corrected chi connectivity index (χ3v) is 11.2. The van der Waals surface area contributed by atoms with Crippen LogP contribution in [0.3, 0.4) is 0 Å². The Morgan fingerprint density at radius 3 is 1.03 bits per heavy atom. The maximum Gasteiger partial charge on any atom is 0.411 e. The predicted octanol–water partition coefficient (Wildman–Crippen LogP) is 12.6. The summed E-state index contributed by atoms with van der Waals surface area (Å²) in [5, 5.41) is 17.5. The van der Waals surface area contributed by atoms with Gasteiger partial charge in [0.1, 0.15) is 24.7 Å². The Kier molecular flexibility index (Phi) is 12.7. The summed E-state index contributed by atoms with van der Waals surface area (Å²) >= 11 is 11.8. The third kappa shape index (κ3) is 9.22. The lowest BCUT2D eigenvalue weighted by molar-refractivity contribution is -0.288. The summed E-state index contributed by atoms with van der Waals surface area (Å²) in [5.74, 6) is -3.62. The van der Waals surface area contributed by atoms with Gasteiger partial charge in [-0.15, -0.1) is 0 Å². The molecule has 0 aliphatic carbocycles. The van der Waals surface area contributed by atoms with E-state index in [0.717, 1.165) is 12.1 Å². The average Bonchev–Trinajstić information content (AvgIpc) is 3.68. The minimum absolute atomic E-state index is 0.281. The van der Waals surface area contributed by atoms with Crippen LogP contribution in [0.4, 0.5) is 49.1 Å². The van der Waals surface area contributed by atoms with Crippen molar-refractivity contribution in [1.29, 1.82) is 0 Å². The monoisotopic (exact) mass is 958 g/mol. The van der Waals surface area contributed by atoms with Gasteiger partial charge in [-0.3, -0.25) is 29.0 Å². The van der Waals surface area contributed by atoms with Gasteiger partial charge < -0.3 is 9.47 Å². The molecule has 0 N–H and O–H groups in total. The van der Waals surface area contributed by atoms with Gasteiger partial charge in [-0.25, -0.2) is 0 Å². The van der Waals surface area contributed by atoms with Crippen LogP contribution in [0.25, 0.3) is 0 Å². The first-order valence-electron chi connectivity index (χ1n) is 19.9. The number of fused-ring (bicyclic) bond motifs is 2. The lowest BCUT2D eigenvalue weighted by atomic mass is 9.71. The molecule has 0 saturated carbocycles. The van der Waals surface area contributed by atoms with E-state index >= 15 is 26.3 Å². The Labute approximate surface area is 386 Å². The first-order chi connectivity index (χ1) is 31.9. The molecule has 0 aromatic heterocycles. The van der Waals surface area contributed by atoms with Crippen LogP contribution in [0.15, 0.2) is 154 Å². The zero-order chi connectivity index (χ0) is 47.7. The van der Waals surface area contributed by atoms with Gasteiger partial charge in [0.2, 0.25) is 5.41 Å². The second kappa shape index (κ2) is 18.4. The Hall–Kier alpha value is -7.44. The van der Waals surface area contributed by atoms with Crippen LogP contribution in [0.2, 0.25) is 10.0 Å². The number of carbonyl (C=O) groups excluding carboxylic acids is 4. The molecule has 2 aliphatic rings. The van der Waals surface area contributed by atoms with E-state index in [-0.39, 0.29) is 13.2 Å². The van der Waals surface area contributed by atoms with E-state index in [9.17, 15) is 19.2 Å². The second-order valence-corrected chi connectivity index (χ2v) is 15.7. The molecule has 0 bridgehead atoms. The van der Waals surface area contributed by atoms with E-state index in [1.54, 1.807) is 72.8 Å². The van der Waals surface area contributed by atoms with Crippen molar-refractivity contribution in [2.45, 2.75) is 17.8 Å². The summed E-state index contributed by atoms with van der Waals surface area (Å²) in [6.07, 6.45) is -12.3. The quantitative estimate of drug-likeness (QED) is 0.0604. The zero-order valence-corrected chi connectivity index (χ0v) is 35.7. The highest BCUT2D eigenvalue weighted by molar-refractivity contribution is 6.31. The van der Waals surface area contributed by atoms with Gasteiger partial charge in [-0.05, 0) is 132 Å². The number of nitrogens with zero attached hydrogens (tertiary/aromatic N) is 6. The van der Waals surface area contributed by atoms with E-state index in [0.29, 0.717) is 78.4 Å². The number of imide groups is 2. The second-order valence-electron chi connectivity index (χ2n) is 14.8. The topological polar surface area (TPSA) is 143 Å². The first kappa shape index (κ1) is 46.1. The molecule has 6 aromatic rings. The van der Waals surface area contributed by atoms with Crippen molar-refractivity contribution in [3.05, 3.63) is 177 Å². The first-order valence-corrected chi connectivity index (χ1v) is 20.7. The average molecular weight is 960 g/mol. The van der Waals surface area contributed by atoms with Crippen LogP contribution in [-0.2, 0) is 5.41 Å². The molecule has 67 heavy (non-hydrogen) atoms. The Balaban J connectivity index is 0.956. The number of benzene rings is 6. The number of hydrogen-bond donors (Lipinski definition) is 0. The minimum Gasteiger partial charge on any atom is -0.492 e. The van der Waals surface area contributed by atoms with Crippen LogP contribution in [0.1, 0.15) is 52.6 Å². The summed E-state index contributed by atoms with van der Waals surface area (Å²) < 4.78 is 103. The van der Waals surface area contributed by atoms with Crippen molar-refractivity contribution < 1.29 is 55.0 Å². The number of amides is 4. The van der Waals surface area contributed by atoms with Crippen molar-refractivity contribution in [3.63, 3.8) is 0 Å². The van der Waals surface area contributed by atoms with E-state index in [1.165, 1.54) is 24.3 Å². The fraction of sp³-hybridized carbons (Fsp3) is 0.149. The molecule has 2 aliphatic heterocycles. The van der Waals surface area contributed by atoms with E-state index in [1.807, 2.05) is 0 Å². The van der Waals surface area contributed by atoms with Crippen molar-refractivity contribution >= 4 is 69.6 Å².